The topological polar surface area (TPSA) is 46.2 Å². The van der Waals surface area contributed by atoms with Crippen molar-refractivity contribution in [1.82, 2.24) is 0 Å². The van der Waals surface area contributed by atoms with Gasteiger partial charge in [-0.2, -0.15) is 0 Å². The second kappa shape index (κ2) is 6.66. The number of aryl methyl sites for hydroxylation is 1. The molecule has 108 valence electrons. The van der Waals surface area contributed by atoms with E-state index in [-0.39, 0.29) is 4.21 Å². The second-order valence-electron chi connectivity index (χ2n) is 3.93. The predicted molar refractivity (Wildman–Crippen MR) is 88.7 cm³/mol. The Balaban J connectivity index is 2.19. The SMILES string of the molecule is O=S(=O)(Nc1ccc(CCCl)cc1)c1cc(Cl)c(Br)s1. The molecule has 0 unspecified atom stereocenters. The molecule has 0 spiro atoms. The number of halogens is 3. The molecule has 1 aromatic carbocycles. The number of alkyl halides is 1. The monoisotopic (exact) mass is 413 g/mol. The van der Waals surface area contributed by atoms with Gasteiger partial charge in [0.05, 0.1) is 8.81 Å². The van der Waals surface area contributed by atoms with Crippen LogP contribution in [-0.4, -0.2) is 14.3 Å². The molecule has 0 saturated carbocycles. The highest BCUT2D eigenvalue weighted by Crippen LogP contribution is 2.35. The summed E-state index contributed by atoms with van der Waals surface area (Å²) in [6, 6.07) is 8.53. The maximum atomic E-state index is 12.2. The van der Waals surface area contributed by atoms with Gasteiger partial charge in [-0.15, -0.1) is 22.9 Å². The highest BCUT2D eigenvalue weighted by atomic mass is 79.9. The first-order valence-corrected chi connectivity index (χ1v) is 9.55. The Hall–Kier alpha value is -0.270. The molecule has 0 amide bonds. The Morgan fingerprint density at radius 3 is 2.40 bits per heavy atom. The number of nitrogens with one attached hydrogen (secondary N) is 1. The first-order chi connectivity index (χ1) is 9.42. The van der Waals surface area contributed by atoms with Gasteiger partial charge < -0.3 is 0 Å². The normalized spacial score (nSPS) is 11.6. The zero-order valence-electron chi connectivity index (χ0n) is 10.1. The van der Waals surface area contributed by atoms with Gasteiger partial charge in [0.1, 0.15) is 4.21 Å². The quantitative estimate of drug-likeness (QED) is 0.717. The zero-order valence-corrected chi connectivity index (χ0v) is 14.8. The van der Waals surface area contributed by atoms with Crippen molar-refractivity contribution in [2.45, 2.75) is 10.6 Å². The zero-order chi connectivity index (χ0) is 14.8. The lowest BCUT2D eigenvalue weighted by atomic mass is 10.2. The smallest absolute Gasteiger partial charge is 0.271 e. The molecule has 1 aromatic heterocycles. The number of sulfonamides is 1. The minimum atomic E-state index is -3.61. The predicted octanol–water partition coefficient (Wildman–Crippen LogP) is 4.75. The summed E-state index contributed by atoms with van der Waals surface area (Å²) in [6.07, 6.45) is 0.752. The molecule has 0 saturated heterocycles. The van der Waals surface area contributed by atoms with Crippen LogP contribution in [-0.2, 0) is 16.4 Å². The molecule has 3 nitrogen and oxygen atoms in total. The highest BCUT2D eigenvalue weighted by Gasteiger charge is 2.19. The van der Waals surface area contributed by atoms with E-state index >= 15 is 0 Å². The third-order valence-corrected chi connectivity index (χ3v) is 7.00. The van der Waals surface area contributed by atoms with Gasteiger partial charge in [0.15, 0.2) is 0 Å². The van der Waals surface area contributed by atoms with E-state index in [1.807, 2.05) is 12.1 Å². The maximum Gasteiger partial charge on any atom is 0.271 e. The molecule has 0 aliphatic heterocycles. The molecular weight excluding hydrogens is 405 g/mol. The van der Waals surface area contributed by atoms with Crippen LogP contribution in [0.1, 0.15) is 5.56 Å². The largest absolute Gasteiger partial charge is 0.279 e. The van der Waals surface area contributed by atoms with Crippen LogP contribution in [0.4, 0.5) is 5.69 Å². The van der Waals surface area contributed by atoms with Crippen LogP contribution in [0.3, 0.4) is 0 Å². The van der Waals surface area contributed by atoms with Gasteiger partial charge in [-0.25, -0.2) is 8.42 Å². The Kier molecular flexibility index (Phi) is 5.36. The van der Waals surface area contributed by atoms with E-state index in [0.717, 1.165) is 23.3 Å². The first-order valence-electron chi connectivity index (χ1n) is 5.55. The van der Waals surface area contributed by atoms with Gasteiger partial charge in [0.2, 0.25) is 0 Å². The molecule has 8 heteroatoms. The molecule has 2 aromatic rings. The fourth-order valence-corrected chi connectivity index (χ4v) is 5.19. The number of rotatable bonds is 5. The van der Waals surface area contributed by atoms with Crippen molar-refractivity contribution in [2.75, 3.05) is 10.6 Å². The van der Waals surface area contributed by atoms with E-state index in [2.05, 4.69) is 20.7 Å². The average molecular weight is 415 g/mol. The minimum Gasteiger partial charge on any atom is -0.279 e. The number of benzene rings is 1. The van der Waals surface area contributed by atoms with Crippen molar-refractivity contribution in [1.29, 1.82) is 0 Å². The van der Waals surface area contributed by atoms with Crippen molar-refractivity contribution < 1.29 is 8.42 Å². The van der Waals surface area contributed by atoms with Crippen molar-refractivity contribution in [3.05, 3.63) is 44.7 Å². The molecule has 1 heterocycles. The van der Waals surface area contributed by atoms with E-state index in [1.54, 1.807) is 12.1 Å². The lowest BCUT2D eigenvalue weighted by Gasteiger charge is -2.06. The first kappa shape index (κ1) is 16.1. The molecule has 0 bridgehead atoms. The summed E-state index contributed by atoms with van der Waals surface area (Å²) in [5, 5.41) is 0.382. The van der Waals surface area contributed by atoms with Gasteiger partial charge >= 0.3 is 0 Å². The van der Waals surface area contributed by atoms with Gasteiger partial charge in [-0.1, -0.05) is 23.7 Å². The highest BCUT2D eigenvalue weighted by molar-refractivity contribution is 9.11. The van der Waals surface area contributed by atoms with Crippen molar-refractivity contribution in [2.24, 2.45) is 0 Å². The van der Waals surface area contributed by atoms with Crippen molar-refractivity contribution in [3.63, 3.8) is 0 Å². The van der Waals surface area contributed by atoms with E-state index < -0.39 is 10.0 Å². The number of hydrogen-bond acceptors (Lipinski definition) is 3. The molecule has 2 rings (SSSR count). The van der Waals surface area contributed by atoms with Crippen LogP contribution in [0, 0.1) is 0 Å². The summed E-state index contributed by atoms with van der Waals surface area (Å²) in [6.45, 7) is 0. The molecule has 20 heavy (non-hydrogen) atoms. The Bertz CT molecular complexity index is 679. The summed E-state index contributed by atoms with van der Waals surface area (Å²) < 4.78 is 27.6. The summed E-state index contributed by atoms with van der Waals surface area (Å²) in [7, 11) is -3.61. The molecular formula is C12H10BrCl2NO2S2. The molecule has 0 atom stereocenters. The van der Waals surface area contributed by atoms with Gasteiger partial charge in [0.25, 0.3) is 10.0 Å². The standard InChI is InChI=1S/C12H10BrCl2NO2S2/c13-12-10(15)7-11(19-12)20(17,18)16-9-3-1-8(2-4-9)5-6-14/h1-4,7,16H,5-6H2. The van der Waals surface area contributed by atoms with Gasteiger partial charge in [-0.3, -0.25) is 4.72 Å². The summed E-state index contributed by atoms with van der Waals surface area (Å²) >= 11 is 15.8. The van der Waals surface area contributed by atoms with Crippen LogP contribution in [0.5, 0.6) is 0 Å². The van der Waals surface area contributed by atoms with Crippen LogP contribution in [0.15, 0.2) is 38.3 Å². The average Bonchev–Trinajstić information content (AvgIpc) is 2.73. The van der Waals surface area contributed by atoms with E-state index in [1.165, 1.54) is 6.07 Å². The van der Waals surface area contributed by atoms with Gasteiger partial charge in [0, 0.05) is 11.6 Å². The van der Waals surface area contributed by atoms with Crippen LogP contribution in [0.25, 0.3) is 0 Å². The molecule has 0 radical (unpaired) electrons. The Morgan fingerprint density at radius 2 is 1.90 bits per heavy atom. The van der Waals surface area contributed by atoms with Crippen molar-refractivity contribution in [3.8, 4) is 0 Å². The fourth-order valence-electron chi connectivity index (χ4n) is 1.51. The molecule has 1 N–H and O–H groups in total. The third kappa shape index (κ3) is 3.89. The van der Waals surface area contributed by atoms with E-state index in [9.17, 15) is 8.42 Å². The van der Waals surface area contributed by atoms with Gasteiger partial charge in [-0.05, 0) is 46.1 Å². The van der Waals surface area contributed by atoms with Crippen LogP contribution < -0.4 is 4.72 Å². The van der Waals surface area contributed by atoms with Crippen LogP contribution >= 0.6 is 50.5 Å². The lowest BCUT2D eigenvalue weighted by Crippen LogP contribution is -2.11. The molecule has 0 fully saturated rings. The van der Waals surface area contributed by atoms with Crippen molar-refractivity contribution >= 4 is 66.2 Å². The maximum absolute atomic E-state index is 12.2. The second-order valence-corrected chi connectivity index (χ2v) is 8.99. The lowest BCUT2D eigenvalue weighted by molar-refractivity contribution is 0.603. The Labute approximate surface area is 140 Å². The minimum absolute atomic E-state index is 0.166. The fraction of sp³-hybridized carbons (Fsp3) is 0.167. The van der Waals surface area contributed by atoms with E-state index in [4.69, 9.17) is 23.2 Å². The number of anilines is 1. The molecule has 0 aliphatic rings. The van der Waals surface area contributed by atoms with Crippen LogP contribution in [0.2, 0.25) is 5.02 Å². The Morgan fingerprint density at radius 1 is 1.25 bits per heavy atom. The number of thiophene rings is 1. The third-order valence-electron chi connectivity index (χ3n) is 2.48. The summed E-state index contributed by atoms with van der Waals surface area (Å²) in [5.41, 5.74) is 1.56. The van der Waals surface area contributed by atoms with E-state index in [0.29, 0.717) is 20.4 Å². The summed E-state index contributed by atoms with van der Waals surface area (Å²) in [4.78, 5) is 0. The molecule has 0 aliphatic carbocycles. The summed E-state index contributed by atoms with van der Waals surface area (Å²) in [5.74, 6) is 0.535. The number of hydrogen-bond donors (Lipinski definition) is 1.